The van der Waals surface area contributed by atoms with E-state index in [0.29, 0.717) is 37.8 Å². The van der Waals surface area contributed by atoms with Crippen molar-refractivity contribution < 1.29 is 27.5 Å². The van der Waals surface area contributed by atoms with Gasteiger partial charge in [0.15, 0.2) is 0 Å². The number of amides is 3. The lowest BCUT2D eigenvalue weighted by Crippen LogP contribution is -2.31. The summed E-state index contributed by atoms with van der Waals surface area (Å²) in [6.07, 6.45) is 2.83. The van der Waals surface area contributed by atoms with Gasteiger partial charge in [0.1, 0.15) is 12.3 Å². The monoisotopic (exact) mass is 411 g/mol. The van der Waals surface area contributed by atoms with Crippen molar-refractivity contribution >= 4 is 22.0 Å². The Labute approximate surface area is 164 Å². The molecule has 2 N–H and O–H groups in total. The minimum Gasteiger partial charge on any atom is -0.493 e. The van der Waals surface area contributed by atoms with Crippen LogP contribution in [0.4, 0.5) is 4.79 Å². The van der Waals surface area contributed by atoms with Crippen LogP contribution in [-0.4, -0.2) is 64.7 Å². The van der Waals surface area contributed by atoms with Gasteiger partial charge < -0.3 is 14.4 Å². The van der Waals surface area contributed by atoms with Gasteiger partial charge >= 0.3 is 6.03 Å². The molecule has 2 fully saturated rings. The van der Waals surface area contributed by atoms with E-state index in [0.717, 1.165) is 0 Å². The van der Waals surface area contributed by atoms with Gasteiger partial charge in [-0.15, -0.1) is 0 Å². The Balaban J connectivity index is 1.33. The molecule has 3 amide bonds. The number of sulfonamides is 1. The van der Waals surface area contributed by atoms with E-state index in [1.165, 1.54) is 29.9 Å². The van der Waals surface area contributed by atoms with Crippen LogP contribution >= 0.6 is 0 Å². The van der Waals surface area contributed by atoms with Crippen LogP contribution in [0.25, 0.3) is 0 Å². The number of nitrogens with zero attached hydrogens (tertiary/aromatic N) is 1. The smallest absolute Gasteiger partial charge is 0.324 e. The number of nitrogens with one attached hydrogen (secondary N) is 2. The van der Waals surface area contributed by atoms with Gasteiger partial charge in [0.25, 0.3) is 0 Å². The maximum atomic E-state index is 12.4. The number of carbonyl (C=O) groups excluding carboxylic acids is 2. The van der Waals surface area contributed by atoms with Crippen LogP contribution < -0.4 is 14.8 Å². The average Bonchev–Trinajstić information content (AvgIpc) is 3.43. The fourth-order valence-electron chi connectivity index (χ4n) is 2.63. The van der Waals surface area contributed by atoms with E-state index in [2.05, 4.69) is 10.0 Å². The number of hydrogen-bond donors (Lipinski definition) is 2. The highest BCUT2D eigenvalue weighted by Gasteiger charge is 2.26. The highest BCUT2D eigenvalue weighted by atomic mass is 32.2. The van der Waals surface area contributed by atoms with Crippen molar-refractivity contribution in [3.63, 3.8) is 0 Å². The minimum absolute atomic E-state index is 0.0471. The molecule has 1 aromatic carbocycles. The lowest BCUT2D eigenvalue weighted by Gasteiger charge is -2.13. The average molecular weight is 411 g/mol. The molecule has 1 saturated heterocycles. The second-order valence-electron chi connectivity index (χ2n) is 6.87. The van der Waals surface area contributed by atoms with Crippen LogP contribution in [0.1, 0.15) is 19.3 Å². The zero-order valence-corrected chi connectivity index (χ0v) is 16.4. The Morgan fingerprint density at radius 1 is 1.21 bits per heavy atom. The lowest BCUT2D eigenvalue weighted by molar-refractivity contribution is -0.118. The molecule has 0 aromatic heterocycles. The predicted molar refractivity (Wildman–Crippen MR) is 100 cm³/mol. The molecule has 10 heteroatoms. The van der Waals surface area contributed by atoms with E-state index < -0.39 is 16.1 Å². The maximum absolute atomic E-state index is 12.4. The predicted octanol–water partition coefficient (Wildman–Crippen LogP) is 0.712. The van der Waals surface area contributed by atoms with Crippen LogP contribution in [0.3, 0.4) is 0 Å². The first-order chi connectivity index (χ1) is 13.4. The number of benzene rings is 1. The Morgan fingerprint density at radius 2 is 2.04 bits per heavy atom. The van der Waals surface area contributed by atoms with Gasteiger partial charge in [0, 0.05) is 25.8 Å². The van der Waals surface area contributed by atoms with Crippen molar-refractivity contribution in [3.8, 4) is 5.75 Å². The standard InChI is InChI=1S/C18H25N3O6S/c22-17-12-21(18(23)20-17)8-10-26-9-2-7-19-28(24,25)16-4-1-3-15(11-16)27-13-14-5-6-14/h1,3-4,11,14,19H,2,5-10,12-13H2,(H,20,22,23). The van der Waals surface area contributed by atoms with E-state index in [-0.39, 0.29) is 30.5 Å². The Kier molecular flexibility index (Phi) is 6.87. The minimum atomic E-state index is -3.61. The number of urea groups is 1. The van der Waals surface area contributed by atoms with Crippen LogP contribution in [0, 0.1) is 5.92 Å². The van der Waals surface area contributed by atoms with Gasteiger partial charge in [-0.1, -0.05) is 6.07 Å². The van der Waals surface area contributed by atoms with Gasteiger partial charge in [-0.2, -0.15) is 0 Å². The van der Waals surface area contributed by atoms with Gasteiger partial charge in [0.05, 0.1) is 18.1 Å². The number of carbonyl (C=O) groups is 2. The largest absolute Gasteiger partial charge is 0.493 e. The molecule has 28 heavy (non-hydrogen) atoms. The Hall–Kier alpha value is -2.17. The van der Waals surface area contributed by atoms with Crippen molar-refractivity contribution in [2.45, 2.75) is 24.2 Å². The van der Waals surface area contributed by atoms with Crippen LogP contribution in [-0.2, 0) is 19.6 Å². The molecule has 9 nitrogen and oxygen atoms in total. The van der Waals surface area contributed by atoms with E-state index >= 15 is 0 Å². The summed E-state index contributed by atoms with van der Waals surface area (Å²) in [6, 6.07) is 6.07. The van der Waals surface area contributed by atoms with Crippen LogP contribution in [0.2, 0.25) is 0 Å². The first-order valence-electron chi connectivity index (χ1n) is 9.33. The molecule has 3 rings (SSSR count). The van der Waals surface area contributed by atoms with Crippen LogP contribution in [0.15, 0.2) is 29.2 Å². The molecule has 0 atom stereocenters. The summed E-state index contributed by atoms with van der Waals surface area (Å²) in [5, 5.41) is 2.19. The normalized spacial score (nSPS) is 17.1. The van der Waals surface area contributed by atoms with Gasteiger partial charge in [-0.3, -0.25) is 10.1 Å². The Bertz CT molecular complexity index is 809. The van der Waals surface area contributed by atoms with E-state index in [1.54, 1.807) is 12.1 Å². The quantitative estimate of drug-likeness (QED) is 0.387. The molecule has 0 radical (unpaired) electrons. The zero-order chi connectivity index (χ0) is 20.0. The highest BCUT2D eigenvalue weighted by molar-refractivity contribution is 7.89. The molecule has 154 valence electrons. The number of ether oxygens (including phenoxy) is 2. The second-order valence-corrected chi connectivity index (χ2v) is 8.63. The molecule has 1 saturated carbocycles. The summed E-state index contributed by atoms with van der Waals surface area (Å²) in [5.41, 5.74) is 0. The molecule has 0 bridgehead atoms. The van der Waals surface area contributed by atoms with Crippen molar-refractivity contribution in [2.24, 2.45) is 5.92 Å². The fraction of sp³-hybridized carbons (Fsp3) is 0.556. The summed E-state index contributed by atoms with van der Waals surface area (Å²) >= 11 is 0. The molecule has 1 aromatic rings. The topological polar surface area (TPSA) is 114 Å². The fourth-order valence-corrected chi connectivity index (χ4v) is 3.74. The summed E-state index contributed by atoms with van der Waals surface area (Å²) in [5.74, 6) is 0.836. The first kappa shape index (κ1) is 20.6. The zero-order valence-electron chi connectivity index (χ0n) is 15.6. The van der Waals surface area contributed by atoms with Crippen molar-refractivity contribution in [1.82, 2.24) is 14.9 Å². The molecule has 1 aliphatic carbocycles. The van der Waals surface area contributed by atoms with E-state index in [9.17, 15) is 18.0 Å². The third kappa shape index (κ3) is 6.18. The molecule has 1 aliphatic heterocycles. The first-order valence-corrected chi connectivity index (χ1v) is 10.8. The molecule has 0 spiro atoms. The molecule has 0 unspecified atom stereocenters. The van der Waals surface area contributed by atoms with Gasteiger partial charge in [-0.25, -0.2) is 17.9 Å². The van der Waals surface area contributed by atoms with Gasteiger partial charge in [-0.05, 0) is 37.3 Å². The summed E-state index contributed by atoms with van der Waals surface area (Å²) < 4.78 is 38.3. The molecular formula is C18H25N3O6S. The van der Waals surface area contributed by atoms with Crippen molar-refractivity contribution in [2.75, 3.05) is 39.5 Å². The summed E-state index contributed by atoms with van der Waals surface area (Å²) in [4.78, 5) is 23.9. The molecular weight excluding hydrogens is 386 g/mol. The summed E-state index contributed by atoms with van der Waals surface area (Å²) in [6.45, 7) is 1.85. The SMILES string of the molecule is O=C1CN(CCOCCCNS(=O)(=O)c2cccc(OCC3CC3)c2)C(=O)N1. The lowest BCUT2D eigenvalue weighted by atomic mass is 10.3. The number of imide groups is 1. The van der Waals surface area contributed by atoms with E-state index in [4.69, 9.17) is 9.47 Å². The Morgan fingerprint density at radius 3 is 2.75 bits per heavy atom. The highest BCUT2D eigenvalue weighted by Crippen LogP contribution is 2.29. The maximum Gasteiger partial charge on any atom is 0.324 e. The van der Waals surface area contributed by atoms with E-state index in [1.807, 2.05) is 0 Å². The number of rotatable bonds is 12. The second kappa shape index (κ2) is 9.35. The number of hydrogen-bond acceptors (Lipinski definition) is 6. The third-order valence-corrected chi connectivity index (χ3v) is 5.89. The third-order valence-electron chi connectivity index (χ3n) is 4.43. The van der Waals surface area contributed by atoms with Gasteiger partial charge in [0.2, 0.25) is 15.9 Å². The van der Waals surface area contributed by atoms with Crippen molar-refractivity contribution in [3.05, 3.63) is 24.3 Å². The molecule has 1 heterocycles. The summed E-state index contributed by atoms with van der Waals surface area (Å²) in [7, 11) is -3.61. The molecule has 2 aliphatic rings. The van der Waals surface area contributed by atoms with Crippen LogP contribution in [0.5, 0.6) is 5.75 Å². The van der Waals surface area contributed by atoms with Crippen molar-refractivity contribution in [1.29, 1.82) is 0 Å².